The Morgan fingerprint density at radius 1 is 1.47 bits per heavy atom. The smallest absolute Gasteiger partial charge is 0.242 e. The van der Waals surface area contributed by atoms with Crippen molar-refractivity contribution in [2.45, 2.75) is 11.0 Å². The normalized spacial score (nSPS) is 13.6. The summed E-state index contributed by atoms with van der Waals surface area (Å²) in [6.45, 7) is -0.846. The zero-order valence-corrected chi connectivity index (χ0v) is 10.8. The number of nitrogens with one attached hydrogen (secondary N) is 1. The Balaban J connectivity index is 2.86. The van der Waals surface area contributed by atoms with Crippen molar-refractivity contribution in [1.82, 2.24) is 9.71 Å². The van der Waals surface area contributed by atoms with Crippen molar-refractivity contribution in [2.24, 2.45) is 0 Å². The number of aliphatic hydroxyl groups excluding tert-OH is 2. The van der Waals surface area contributed by atoms with Crippen molar-refractivity contribution in [1.29, 1.82) is 0 Å². The Labute approximate surface area is 108 Å². The van der Waals surface area contributed by atoms with E-state index in [0.717, 1.165) is 12.3 Å². The first-order valence-electron chi connectivity index (χ1n) is 4.46. The fourth-order valence-electron chi connectivity index (χ4n) is 0.904. The summed E-state index contributed by atoms with van der Waals surface area (Å²) in [6, 6.07) is 1.14. The second-order valence-electron chi connectivity index (χ2n) is 3.13. The van der Waals surface area contributed by atoms with E-state index in [1.807, 2.05) is 0 Å². The number of sulfonamides is 1. The third kappa shape index (κ3) is 4.06. The van der Waals surface area contributed by atoms with Gasteiger partial charge in [-0.2, -0.15) is 0 Å². The van der Waals surface area contributed by atoms with Gasteiger partial charge < -0.3 is 10.2 Å². The molecule has 1 unspecified atom stereocenters. The van der Waals surface area contributed by atoms with Crippen LogP contribution in [0.25, 0.3) is 0 Å². The Morgan fingerprint density at radius 3 is 2.65 bits per heavy atom. The quantitative estimate of drug-likeness (QED) is 0.666. The molecule has 6 nitrogen and oxygen atoms in total. The number of hydrogen-bond donors (Lipinski definition) is 3. The highest BCUT2D eigenvalue weighted by Crippen LogP contribution is 2.21. The van der Waals surface area contributed by atoms with Crippen LogP contribution in [0.4, 0.5) is 0 Å². The highest BCUT2D eigenvalue weighted by atomic mass is 35.5. The highest BCUT2D eigenvalue weighted by Gasteiger charge is 2.17. The number of rotatable bonds is 5. The lowest BCUT2D eigenvalue weighted by atomic mass is 10.4. The van der Waals surface area contributed by atoms with Gasteiger partial charge in [-0.05, 0) is 6.07 Å². The molecule has 0 saturated carbocycles. The number of hydrogen-bond acceptors (Lipinski definition) is 5. The zero-order chi connectivity index (χ0) is 13.1. The average molecular weight is 301 g/mol. The summed E-state index contributed by atoms with van der Waals surface area (Å²) in [5.41, 5.74) is 0. The minimum Gasteiger partial charge on any atom is -0.394 e. The van der Waals surface area contributed by atoms with E-state index >= 15 is 0 Å². The van der Waals surface area contributed by atoms with E-state index in [4.69, 9.17) is 33.4 Å². The largest absolute Gasteiger partial charge is 0.394 e. The van der Waals surface area contributed by atoms with Crippen LogP contribution in [0.15, 0.2) is 17.2 Å². The first-order chi connectivity index (χ1) is 7.86. The molecule has 0 bridgehead atoms. The Hall–Kier alpha value is -0.440. The van der Waals surface area contributed by atoms with Crippen molar-refractivity contribution in [2.75, 3.05) is 13.2 Å². The lowest BCUT2D eigenvalue weighted by Gasteiger charge is -2.09. The van der Waals surface area contributed by atoms with Gasteiger partial charge in [-0.3, -0.25) is 0 Å². The predicted molar refractivity (Wildman–Crippen MR) is 62.5 cm³/mol. The second-order valence-corrected chi connectivity index (χ2v) is 5.66. The molecular formula is C8H10Cl2N2O4S. The maximum absolute atomic E-state index is 11.7. The van der Waals surface area contributed by atoms with Gasteiger partial charge in [0.05, 0.1) is 17.7 Å². The monoisotopic (exact) mass is 300 g/mol. The first-order valence-corrected chi connectivity index (χ1v) is 6.70. The van der Waals surface area contributed by atoms with E-state index in [0.29, 0.717) is 0 Å². The minimum atomic E-state index is -3.83. The van der Waals surface area contributed by atoms with Gasteiger partial charge in [0, 0.05) is 12.7 Å². The Kier molecular flexibility index (Phi) is 5.11. The molecule has 17 heavy (non-hydrogen) atoms. The molecule has 1 aromatic heterocycles. The average Bonchev–Trinajstić information content (AvgIpc) is 2.29. The van der Waals surface area contributed by atoms with Crippen LogP contribution in [0.5, 0.6) is 0 Å². The van der Waals surface area contributed by atoms with E-state index in [1.54, 1.807) is 0 Å². The summed E-state index contributed by atoms with van der Waals surface area (Å²) in [7, 11) is -3.83. The first kappa shape index (κ1) is 14.6. The van der Waals surface area contributed by atoms with E-state index in [9.17, 15) is 8.42 Å². The Bertz CT molecular complexity index is 494. The van der Waals surface area contributed by atoms with Crippen LogP contribution in [0.2, 0.25) is 10.2 Å². The van der Waals surface area contributed by atoms with Crippen LogP contribution in [0, 0.1) is 0 Å². The molecule has 9 heteroatoms. The van der Waals surface area contributed by atoms with Crippen LogP contribution < -0.4 is 4.72 Å². The van der Waals surface area contributed by atoms with Gasteiger partial charge in [0.15, 0.2) is 0 Å². The SMILES string of the molecule is O=S(=O)(NCC(O)CO)c1cnc(Cl)c(Cl)c1. The van der Waals surface area contributed by atoms with Gasteiger partial charge in [0.2, 0.25) is 10.0 Å². The van der Waals surface area contributed by atoms with E-state index in [1.165, 1.54) is 0 Å². The molecule has 1 atom stereocenters. The molecule has 96 valence electrons. The molecule has 0 aliphatic carbocycles. The summed E-state index contributed by atoms with van der Waals surface area (Å²) >= 11 is 11.2. The molecular weight excluding hydrogens is 291 g/mol. The standard InChI is InChI=1S/C8H10Cl2N2O4S/c9-7-1-6(3-11-8(7)10)17(15,16)12-2-5(14)4-13/h1,3,5,12-14H,2,4H2. The second kappa shape index (κ2) is 5.94. The molecule has 1 rings (SSSR count). The lowest BCUT2D eigenvalue weighted by molar-refractivity contribution is 0.0988. The number of aliphatic hydroxyl groups is 2. The molecule has 0 amide bonds. The van der Waals surface area contributed by atoms with E-state index in [-0.39, 0.29) is 21.6 Å². The molecule has 1 heterocycles. The van der Waals surface area contributed by atoms with Crippen molar-refractivity contribution in [3.63, 3.8) is 0 Å². The summed E-state index contributed by atoms with van der Waals surface area (Å²) in [5.74, 6) is 0. The topological polar surface area (TPSA) is 99.5 Å². The number of nitrogens with zero attached hydrogens (tertiary/aromatic N) is 1. The van der Waals surface area contributed by atoms with Crippen molar-refractivity contribution < 1.29 is 18.6 Å². The molecule has 0 saturated heterocycles. The summed E-state index contributed by atoms with van der Waals surface area (Å²) in [5, 5.41) is 17.6. The van der Waals surface area contributed by atoms with Crippen LogP contribution in [0.3, 0.4) is 0 Å². The zero-order valence-electron chi connectivity index (χ0n) is 8.47. The van der Waals surface area contributed by atoms with Crippen molar-refractivity contribution in [3.8, 4) is 0 Å². The Morgan fingerprint density at radius 2 is 2.12 bits per heavy atom. The number of pyridine rings is 1. The van der Waals surface area contributed by atoms with Crippen molar-refractivity contribution >= 4 is 33.2 Å². The molecule has 0 fully saturated rings. The molecule has 0 aliphatic rings. The molecule has 0 spiro atoms. The highest BCUT2D eigenvalue weighted by molar-refractivity contribution is 7.89. The summed E-state index contributed by atoms with van der Waals surface area (Å²) in [6.07, 6.45) is -0.123. The van der Waals surface area contributed by atoms with Gasteiger partial charge in [-0.1, -0.05) is 23.2 Å². The number of aromatic nitrogens is 1. The fraction of sp³-hybridized carbons (Fsp3) is 0.375. The summed E-state index contributed by atoms with van der Waals surface area (Å²) < 4.78 is 25.4. The molecule has 1 aromatic rings. The maximum Gasteiger partial charge on any atom is 0.242 e. The van der Waals surface area contributed by atoms with Crippen LogP contribution >= 0.6 is 23.2 Å². The van der Waals surface area contributed by atoms with Crippen molar-refractivity contribution in [3.05, 3.63) is 22.4 Å². The third-order valence-electron chi connectivity index (χ3n) is 1.80. The van der Waals surface area contributed by atoms with Gasteiger partial charge in [0.25, 0.3) is 0 Å². The predicted octanol–water partition coefficient (Wildman–Crippen LogP) is 0.0199. The fourth-order valence-corrected chi connectivity index (χ4v) is 2.28. The maximum atomic E-state index is 11.7. The third-order valence-corrected chi connectivity index (χ3v) is 3.88. The molecule has 0 radical (unpaired) electrons. The van der Waals surface area contributed by atoms with Crippen LogP contribution in [-0.2, 0) is 10.0 Å². The van der Waals surface area contributed by atoms with E-state index < -0.39 is 22.7 Å². The van der Waals surface area contributed by atoms with Gasteiger partial charge >= 0.3 is 0 Å². The summed E-state index contributed by atoms with van der Waals surface area (Å²) in [4.78, 5) is 3.43. The van der Waals surface area contributed by atoms with Crippen LogP contribution in [-0.4, -0.2) is 42.9 Å². The molecule has 3 N–H and O–H groups in total. The molecule has 0 aromatic carbocycles. The lowest BCUT2D eigenvalue weighted by Crippen LogP contribution is -2.33. The minimum absolute atomic E-state index is 0.000935. The van der Waals surface area contributed by atoms with Gasteiger partial charge in [-0.15, -0.1) is 0 Å². The molecule has 0 aliphatic heterocycles. The van der Waals surface area contributed by atoms with Gasteiger partial charge in [-0.25, -0.2) is 18.1 Å². The number of halogens is 2. The van der Waals surface area contributed by atoms with E-state index in [2.05, 4.69) is 9.71 Å². The van der Waals surface area contributed by atoms with Crippen LogP contribution in [0.1, 0.15) is 0 Å². The van der Waals surface area contributed by atoms with Gasteiger partial charge in [0.1, 0.15) is 10.0 Å².